The van der Waals surface area contributed by atoms with Gasteiger partial charge in [-0.25, -0.2) is 0 Å². The van der Waals surface area contributed by atoms with Crippen LogP contribution < -0.4 is 5.73 Å². The molecule has 2 rings (SSSR count). The summed E-state index contributed by atoms with van der Waals surface area (Å²) in [6.07, 6.45) is 3.15. The Morgan fingerprint density at radius 1 is 1.30 bits per heavy atom. The smallest absolute Gasteiger partial charge is 0.290 e. The number of carbonyl (C=O) groups excluding carboxylic acids is 2. The summed E-state index contributed by atoms with van der Waals surface area (Å²) in [6, 6.07) is 7.13. The van der Waals surface area contributed by atoms with Gasteiger partial charge in [-0.3, -0.25) is 9.59 Å². The molecule has 0 aromatic heterocycles. The second-order valence-corrected chi connectivity index (χ2v) is 6.07. The molecule has 1 heterocycles. The van der Waals surface area contributed by atoms with Crippen molar-refractivity contribution in [2.45, 2.75) is 45.1 Å². The number of Topliss-reactive ketones (excluding diaryl/α,β-unsaturated/α-hetero) is 1. The molecule has 108 valence electrons. The van der Waals surface area contributed by atoms with Gasteiger partial charge in [0.25, 0.3) is 5.91 Å². The van der Waals surface area contributed by atoms with Crippen molar-refractivity contribution in [3.05, 3.63) is 29.8 Å². The second kappa shape index (κ2) is 5.65. The minimum Gasteiger partial charge on any atom is -0.399 e. The van der Waals surface area contributed by atoms with E-state index in [1.54, 1.807) is 23.1 Å². The highest BCUT2D eigenvalue weighted by Crippen LogP contribution is 2.27. The molecule has 4 heteroatoms. The highest BCUT2D eigenvalue weighted by atomic mass is 16.2. The van der Waals surface area contributed by atoms with Crippen LogP contribution in [0.3, 0.4) is 0 Å². The fourth-order valence-corrected chi connectivity index (χ4v) is 2.76. The Kier molecular flexibility index (Phi) is 4.12. The maximum absolute atomic E-state index is 12.3. The first-order valence-corrected chi connectivity index (χ1v) is 7.09. The molecule has 1 aromatic carbocycles. The van der Waals surface area contributed by atoms with E-state index in [0.29, 0.717) is 12.2 Å². The van der Waals surface area contributed by atoms with Gasteiger partial charge in [0.15, 0.2) is 0 Å². The first-order chi connectivity index (χ1) is 9.40. The summed E-state index contributed by atoms with van der Waals surface area (Å²) in [7, 11) is 0. The zero-order valence-electron chi connectivity index (χ0n) is 12.2. The molecule has 0 radical (unpaired) electrons. The van der Waals surface area contributed by atoms with E-state index >= 15 is 0 Å². The monoisotopic (exact) mass is 274 g/mol. The van der Waals surface area contributed by atoms with Crippen molar-refractivity contribution in [2.24, 2.45) is 0 Å². The van der Waals surface area contributed by atoms with E-state index in [1.807, 2.05) is 19.9 Å². The van der Waals surface area contributed by atoms with Crippen molar-refractivity contribution in [1.82, 2.24) is 4.90 Å². The van der Waals surface area contributed by atoms with E-state index < -0.39 is 0 Å². The number of piperidine rings is 1. The average molecular weight is 274 g/mol. The van der Waals surface area contributed by atoms with Crippen molar-refractivity contribution in [3.8, 4) is 0 Å². The van der Waals surface area contributed by atoms with Gasteiger partial charge in [0.1, 0.15) is 0 Å². The van der Waals surface area contributed by atoms with Crippen molar-refractivity contribution >= 4 is 17.4 Å². The van der Waals surface area contributed by atoms with Gasteiger partial charge in [-0.2, -0.15) is 0 Å². The number of benzene rings is 1. The largest absolute Gasteiger partial charge is 0.399 e. The summed E-state index contributed by atoms with van der Waals surface area (Å²) in [4.78, 5) is 26.3. The lowest BCUT2D eigenvalue weighted by molar-refractivity contribution is -0.149. The Bertz CT molecular complexity index is 523. The summed E-state index contributed by atoms with van der Waals surface area (Å²) < 4.78 is 0. The summed E-state index contributed by atoms with van der Waals surface area (Å²) in [5, 5.41) is 0. The molecule has 0 aliphatic carbocycles. The molecule has 1 aliphatic rings. The maximum Gasteiger partial charge on any atom is 0.290 e. The topological polar surface area (TPSA) is 63.4 Å². The minimum atomic E-state index is -0.364. The van der Waals surface area contributed by atoms with E-state index in [0.717, 1.165) is 24.8 Å². The first kappa shape index (κ1) is 14.6. The van der Waals surface area contributed by atoms with Gasteiger partial charge in [0, 0.05) is 24.2 Å². The van der Waals surface area contributed by atoms with Gasteiger partial charge >= 0.3 is 0 Å². The fourth-order valence-electron chi connectivity index (χ4n) is 2.76. The van der Waals surface area contributed by atoms with Crippen molar-refractivity contribution in [3.63, 3.8) is 0 Å². The number of hydrogen-bond acceptors (Lipinski definition) is 3. The van der Waals surface area contributed by atoms with Gasteiger partial charge in [-0.05, 0) is 50.8 Å². The lowest BCUT2D eigenvalue weighted by Gasteiger charge is -2.42. The van der Waals surface area contributed by atoms with Gasteiger partial charge in [0.05, 0.1) is 0 Å². The number of ketones is 1. The Morgan fingerprint density at radius 2 is 2.05 bits per heavy atom. The third-order valence-electron chi connectivity index (χ3n) is 3.95. The Balaban J connectivity index is 2.07. The van der Waals surface area contributed by atoms with Crippen molar-refractivity contribution in [2.75, 3.05) is 12.3 Å². The normalized spacial score (nSPS) is 17.8. The number of nitrogens with two attached hydrogens (primary N) is 1. The van der Waals surface area contributed by atoms with Crippen molar-refractivity contribution in [1.29, 1.82) is 0 Å². The quantitative estimate of drug-likeness (QED) is 0.678. The van der Waals surface area contributed by atoms with Gasteiger partial charge in [-0.1, -0.05) is 12.1 Å². The molecule has 1 amide bonds. The predicted octanol–water partition coefficient (Wildman–Crippen LogP) is 2.17. The van der Waals surface area contributed by atoms with E-state index in [2.05, 4.69) is 0 Å². The number of nitrogens with zero attached hydrogens (tertiary/aromatic N) is 1. The highest BCUT2D eigenvalue weighted by molar-refractivity contribution is 6.36. The van der Waals surface area contributed by atoms with Crippen LogP contribution >= 0.6 is 0 Å². The summed E-state index contributed by atoms with van der Waals surface area (Å²) in [5.74, 6) is -0.720. The molecule has 0 saturated carbocycles. The number of likely N-dealkylation sites (tertiary alicyclic amines) is 1. The molecule has 2 N–H and O–H groups in total. The molecule has 1 aliphatic heterocycles. The van der Waals surface area contributed by atoms with Crippen LogP contribution in [0.4, 0.5) is 5.69 Å². The number of amides is 1. The third-order valence-corrected chi connectivity index (χ3v) is 3.95. The molecule has 1 saturated heterocycles. The van der Waals surface area contributed by atoms with Crippen LogP contribution in [0.5, 0.6) is 0 Å². The second-order valence-electron chi connectivity index (χ2n) is 6.07. The molecule has 0 spiro atoms. The molecule has 0 atom stereocenters. The SMILES string of the molecule is CC1(C)CCCCN1C(=O)C(=O)Cc1cccc(N)c1. The molecule has 0 bridgehead atoms. The van der Waals surface area contributed by atoms with Crippen LogP contribution in [0.1, 0.15) is 38.7 Å². The molecule has 0 unspecified atom stereocenters. The lowest BCUT2D eigenvalue weighted by Crippen LogP contribution is -2.53. The summed E-state index contributed by atoms with van der Waals surface area (Å²) in [6.45, 7) is 4.73. The molecular formula is C16H22N2O2. The average Bonchev–Trinajstić information content (AvgIpc) is 2.37. The molecular weight excluding hydrogens is 252 g/mol. The Labute approximate surface area is 119 Å². The van der Waals surface area contributed by atoms with Crippen LogP contribution in [-0.4, -0.2) is 28.7 Å². The van der Waals surface area contributed by atoms with Crippen LogP contribution in [0.2, 0.25) is 0 Å². The van der Waals surface area contributed by atoms with Gasteiger partial charge < -0.3 is 10.6 Å². The maximum atomic E-state index is 12.3. The first-order valence-electron chi connectivity index (χ1n) is 7.09. The van der Waals surface area contributed by atoms with Crippen molar-refractivity contribution < 1.29 is 9.59 Å². The zero-order chi connectivity index (χ0) is 14.8. The lowest BCUT2D eigenvalue weighted by atomic mass is 9.89. The fraction of sp³-hybridized carbons (Fsp3) is 0.500. The molecule has 1 fully saturated rings. The molecule has 20 heavy (non-hydrogen) atoms. The zero-order valence-corrected chi connectivity index (χ0v) is 12.2. The number of nitrogen functional groups attached to an aromatic ring is 1. The number of carbonyl (C=O) groups is 2. The van der Waals surface area contributed by atoms with Gasteiger partial charge in [0.2, 0.25) is 5.78 Å². The van der Waals surface area contributed by atoms with Crippen LogP contribution in [-0.2, 0) is 16.0 Å². The van der Waals surface area contributed by atoms with Crippen LogP contribution in [0, 0.1) is 0 Å². The van der Waals surface area contributed by atoms with E-state index in [9.17, 15) is 9.59 Å². The minimum absolute atomic E-state index is 0.121. The summed E-state index contributed by atoms with van der Waals surface area (Å²) >= 11 is 0. The van der Waals surface area contributed by atoms with E-state index in [4.69, 9.17) is 5.73 Å². The molecule has 1 aromatic rings. The number of hydrogen-bond donors (Lipinski definition) is 1. The Morgan fingerprint density at radius 3 is 2.70 bits per heavy atom. The van der Waals surface area contributed by atoms with E-state index in [1.165, 1.54) is 0 Å². The predicted molar refractivity (Wildman–Crippen MR) is 79.2 cm³/mol. The van der Waals surface area contributed by atoms with Crippen LogP contribution in [0.15, 0.2) is 24.3 Å². The summed E-state index contributed by atoms with van der Waals surface area (Å²) in [5.41, 5.74) is 6.87. The van der Waals surface area contributed by atoms with E-state index in [-0.39, 0.29) is 23.7 Å². The number of rotatable bonds is 3. The highest BCUT2D eigenvalue weighted by Gasteiger charge is 2.35. The van der Waals surface area contributed by atoms with Gasteiger partial charge in [-0.15, -0.1) is 0 Å². The standard InChI is InChI=1S/C16H22N2O2/c1-16(2)8-3-4-9-18(16)15(20)14(19)11-12-6-5-7-13(17)10-12/h5-7,10H,3-4,8-9,11,17H2,1-2H3. The number of anilines is 1. The Hall–Kier alpha value is -1.84. The third kappa shape index (κ3) is 3.18. The molecule has 4 nitrogen and oxygen atoms in total. The van der Waals surface area contributed by atoms with Crippen LogP contribution in [0.25, 0.3) is 0 Å².